The Labute approximate surface area is 166 Å². The highest BCUT2D eigenvalue weighted by atomic mass is 16.6. The van der Waals surface area contributed by atoms with E-state index in [9.17, 15) is 14.8 Å². The van der Waals surface area contributed by atoms with Crippen molar-refractivity contribution >= 4 is 18.7 Å². The van der Waals surface area contributed by atoms with Crippen LogP contribution in [0, 0.1) is 0 Å². The van der Waals surface area contributed by atoms with Gasteiger partial charge >= 0.3 is 13.2 Å². The summed E-state index contributed by atoms with van der Waals surface area (Å²) in [5.41, 5.74) is 1.60. The van der Waals surface area contributed by atoms with Crippen molar-refractivity contribution in [2.24, 2.45) is 0 Å². The Kier molecular flexibility index (Phi) is 7.10. The second-order valence-electron chi connectivity index (χ2n) is 7.67. The number of hydrogen-bond acceptors (Lipinski definition) is 5. The van der Waals surface area contributed by atoms with Gasteiger partial charge in [0.1, 0.15) is 11.4 Å². The topological polar surface area (TPSA) is 79.2 Å². The summed E-state index contributed by atoms with van der Waals surface area (Å²) in [5, 5.41) is 18.6. The standard InChI is InChI=1S/C21H28BNO5/c1-15(17-8-10-18(11-9-17)22(25)26)23(20(24)28-21(2,3)4)14-16-6-12-19(27-5)13-7-16/h6-13,15,25-26H,14H2,1-5H3. The third-order valence-corrected chi connectivity index (χ3v) is 4.32. The zero-order valence-corrected chi connectivity index (χ0v) is 17.0. The highest BCUT2D eigenvalue weighted by Crippen LogP contribution is 2.25. The van der Waals surface area contributed by atoms with Gasteiger partial charge in [-0.25, -0.2) is 4.79 Å². The van der Waals surface area contributed by atoms with E-state index in [4.69, 9.17) is 9.47 Å². The maximum Gasteiger partial charge on any atom is 0.488 e. The van der Waals surface area contributed by atoms with Crippen LogP contribution in [0.25, 0.3) is 0 Å². The predicted octanol–water partition coefficient (Wildman–Crippen LogP) is 2.87. The van der Waals surface area contributed by atoms with E-state index in [2.05, 4.69) is 0 Å². The summed E-state index contributed by atoms with van der Waals surface area (Å²) in [4.78, 5) is 14.5. The molecule has 7 heteroatoms. The molecule has 2 N–H and O–H groups in total. The fourth-order valence-corrected chi connectivity index (χ4v) is 2.73. The van der Waals surface area contributed by atoms with Crippen molar-refractivity contribution in [2.45, 2.75) is 45.9 Å². The molecule has 0 bridgehead atoms. The van der Waals surface area contributed by atoms with Crippen LogP contribution < -0.4 is 10.2 Å². The molecule has 1 atom stereocenters. The van der Waals surface area contributed by atoms with Crippen LogP contribution in [0.1, 0.15) is 44.9 Å². The van der Waals surface area contributed by atoms with E-state index in [1.54, 1.807) is 36.3 Å². The highest BCUT2D eigenvalue weighted by molar-refractivity contribution is 6.58. The lowest BCUT2D eigenvalue weighted by atomic mass is 9.80. The Morgan fingerprint density at radius 3 is 2.11 bits per heavy atom. The van der Waals surface area contributed by atoms with Crippen molar-refractivity contribution in [3.63, 3.8) is 0 Å². The van der Waals surface area contributed by atoms with Crippen molar-refractivity contribution in [1.82, 2.24) is 4.90 Å². The van der Waals surface area contributed by atoms with E-state index in [0.717, 1.165) is 16.9 Å². The quantitative estimate of drug-likeness (QED) is 0.748. The molecule has 0 aliphatic heterocycles. The lowest BCUT2D eigenvalue weighted by Gasteiger charge is -2.32. The maximum absolute atomic E-state index is 12.9. The number of carbonyl (C=O) groups excluding carboxylic acids is 1. The zero-order valence-electron chi connectivity index (χ0n) is 17.0. The number of hydrogen-bond donors (Lipinski definition) is 2. The summed E-state index contributed by atoms with van der Waals surface area (Å²) in [5.74, 6) is 0.749. The normalized spacial score (nSPS) is 12.2. The van der Waals surface area contributed by atoms with E-state index < -0.39 is 18.8 Å². The van der Waals surface area contributed by atoms with Crippen LogP contribution in [0.3, 0.4) is 0 Å². The van der Waals surface area contributed by atoms with Gasteiger partial charge < -0.3 is 19.5 Å². The Hall–Kier alpha value is -2.51. The molecule has 0 saturated heterocycles. The van der Waals surface area contributed by atoms with Crippen LogP contribution in [-0.2, 0) is 11.3 Å². The van der Waals surface area contributed by atoms with Gasteiger partial charge in [-0.1, -0.05) is 36.4 Å². The summed E-state index contributed by atoms with van der Waals surface area (Å²) in [6.45, 7) is 7.78. The second kappa shape index (κ2) is 9.12. The molecule has 0 aliphatic carbocycles. The average molecular weight is 385 g/mol. The Morgan fingerprint density at radius 2 is 1.64 bits per heavy atom. The number of ether oxygens (including phenoxy) is 2. The molecule has 6 nitrogen and oxygen atoms in total. The number of methoxy groups -OCH3 is 1. The van der Waals surface area contributed by atoms with E-state index in [-0.39, 0.29) is 6.04 Å². The molecule has 2 rings (SSSR count). The van der Waals surface area contributed by atoms with Gasteiger partial charge in [0, 0.05) is 6.54 Å². The first-order valence-electron chi connectivity index (χ1n) is 9.19. The number of benzene rings is 2. The monoisotopic (exact) mass is 385 g/mol. The molecule has 0 fully saturated rings. The predicted molar refractivity (Wildman–Crippen MR) is 109 cm³/mol. The van der Waals surface area contributed by atoms with Gasteiger partial charge in [0.25, 0.3) is 0 Å². The molecular weight excluding hydrogens is 357 g/mol. The first kappa shape index (κ1) is 21.8. The Balaban J connectivity index is 2.28. The summed E-state index contributed by atoms with van der Waals surface area (Å²) in [6.07, 6.45) is -0.415. The molecule has 0 aliphatic rings. The smallest absolute Gasteiger partial charge is 0.488 e. The fraction of sp³-hybridized carbons (Fsp3) is 0.381. The van der Waals surface area contributed by atoms with E-state index in [1.807, 2.05) is 52.0 Å². The van der Waals surface area contributed by atoms with Crippen molar-refractivity contribution in [2.75, 3.05) is 7.11 Å². The molecule has 1 amide bonds. The van der Waals surface area contributed by atoms with Crippen LogP contribution in [0.4, 0.5) is 4.79 Å². The molecule has 0 heterocycles. The van der Waals surface area contributed by atoms with Crippen LogP contribution in [-0.4, -0.2) is 40.9 Å². The molecule has 0 radical (unpaired) electrons. The lowest BCUT2D eigenvalue weighted by Crippen LogP contribution is -2.38. The van der Waals surface area contributed by atoms with Crippen molar-refractivity contribution in [1.29, 1.82) is 0 Å². The summed E-state index contributed by atoms with van der Waals surface area (Å²) < 4.78 is 10.8. The van der Waals surface area contributed by atoms with E-state index in [1.165, 1.54) is 0 Å². The van der Waals surface area contributed by atoms with Gasteiger partial charge in [-0.2, -0.15) is 0 Å². The number of carbonyl (C=O) groups is 1. The first-order valence-corrected chi connectivity index (χ1v) is 9.19. The summed E-state index contributed by atoms with van der Waals surface area (Å²) >= 11 is 0. The molecule has 0 spiro atoms. The zero-order chi connectivity index (χ0) is 20.9. The molecule has 0 aromatic heterocycles. The van der Waals surface area contributed by atoms with E-state index in [0.29, 0.717) is 12.0 Å². The third kappa shape index (κ3) is 6.01. The van der Waals surface area contributed by atoms with Gasteiger partial charge in [-0.3, -0.25) is 4.90 Å². The van der Waals surface area contributed by atoms with Crippen molar-refractivity contribution < 1.29 is 24.3 Å². The molecule has 2 aromatic rings. The highest BCUT2D eigenvalue weighted by Gasteiger charge is 2.27. The summed E-state index contributed by atoms with van der Waals surface area (Å²) in [6, 6.07) is 14.1. The fourth-order valence-electron chi connectivity index (χ4n) is 2.73. The second-order valence-corrected chi connectivity index (χ2v) is 7.67. The van der Waals surface area contributed by atoms with Crippen LogP contribution in [0.5, 0.6) is 5.75 Å². The van der Waals surface area contributed by atoms with Crippen LogP contribution in [0.15, 0.2) is 48.5 Å². The molecule has 0 saturated carbocycles. The molecule has 28 heavy (non-hydrogen) atoms. The van der Waals surface area contributed by atoms with E-state index >= 15 is 0 Å². The molecule has 2 aromatic carbocycles. The first-order chi connectivity index (χ1) is 13.1. The number of amides is 1. The van der Waals surface area contributed by atoms with Gasteiger partial charge in [-0.05, 0) is 56.4 Å². The van der Waals surface area contributed by atoms with Crippen molar-refractivity contribution in [3.8, 4) is 5.75 Å². The summed E-state index contributed by atoms with van der Waals surface area (Å²) in [7, 11) is 0.0856. The minimum Gasteiger partial charge on any atom is -0.497 e. The van der Waals surface area contributed by atoms with Crippen LogP contribution >= 0.6 is 0 Å². The van der Waals surface area contributed by atoms with Gasteiger partial charge in [0.05, 0.1) is 13.2 Å². The minimum atomic E-state index is -1.52. The Bertz CT molecular complexity index is 769. The molecular formula is C21H28BNO5. The van der Waals surface area contributed by atoms with Gasteiger partial charge in [0.15, 0.2) is 0 Å². The number of rotatable bonds is 6. The van der Waals surface area contributed by atoms with Crippen LogP contribution in [0.2, 0.25) is 0 Å². The largest absolute Gasteiger partial charge is 0.497 e. The lowest BCUT2D eigenvalue weighted by molar-refractivity contribution is 0.0153. The SMILES string of the molecule is COc1ccc(CN(C(=O)OC(C)(C)C)C(C)c2ccc(B(O)O)cc2)cc1. The molecule has 150 valence electrons. The van der Waals surface area contributed by atoms with Crippen molar-refractivity contribution in [3.05, 3.63) is 59.7 Å². The molecule has 1 unspecified atom stereocenters. The average Bonchev–Trinajstić information content (AvgIpc) is 2.64. The maximum atomic E-state index is 12.9. The third-order valence-electron chi connectivity index (χ3n) is 4.32. The minimum absolute atomic E-state index is 0.276. The van der Waals surface area contributed by atoms with Gasteiger partial charge in [0.2, 0.25) is 0 Å². The van der Waals surface area contributed by atoms with Gasteiger partial charge in [-0.15, -0.1) is 0 Å². The number of nitrogens with zero attached hydrogens (tertiary/aromatic N) is 1. The Morgan fingerprint density at radius 1 is 1.07 bits per heavy atom.